The van der Waals surface area contributed by atoms with Crippen LogP contribution in [-0.2, 0) is 4.74 Å². The van der Waals surface area contributed by atoms with Gasteiger partial charge in [0.1, 0.15) is 0 Å². The van der Waals surface area contributed by atoms with Crippen LogP contribution in [0, 0.1) is 5.41 Å². The second-order valence-electron chi connectivity index (χ2n) is 5.07. The highest BCUT2D eigenvalue weighted by Crippen LogP contribution is 2.46. The summed E-state index contributed by atoms with van der Waals surface area (Å²) in [5.41, 5.74) is 0.236. The lowest BCUT2D eigenvalue weighted by atomic mass is 10.0. The molecule has 0 spiro atoms. The summed E-state index contributed by atoms with van der Waals surface area (Å²) in [6.07, 6.45) is 2.39. The van der Waals surface area contributed by atoms with Crippen molar-refractivity contribution in [3.8, 4) is 0 Å². The molecular formula is C11H21NO2. The fraction of sp³-hybridized carbons (Fsp3) is 1.00. The lowest BCUT2D eigenvalue weighted by Crippen LogP contribution is -2.52. The number of ether oxygens (including phenoxy) is 1. The molecule has 0 aromatic carbocycles. The zero-order valence-electron chi connectivity index (χ0n) is 9.20. The molecule has 0 unspecified atom stereocenters. The lowest BCUT2D eigenvalue weighted by molar-refractivity contribution is -0.0490. The van der Waals surface area contributed by atoms with Crippen molar-refractivity contribution < 1.29 is 9.84 Å². The normalized spacial score (nSPS) is 37.1. The molecule has 1 aliphatic heterocycles. The monoisotopic (exact) mass is 199 g/mol. The molecule has 0 aromatic rings. The third kappa shape index (κ3) is 1.95. The zero-order valence-corrected chi connectivity index (χ0v) is 9.20. The first-order chi connectivity index (χ1) is 6.67. The highest BCUT2D eigenvalue weighted by Gasteiger charge is 2.45. The van der Waals surface area contributed by atoms with Crippen LogP contribution in [0.3, 0.4) is 0 Å². The number of aliphatic hydroxyl groups is 1. The molecule has 2 fully saturated rings. The second kappa shape index (κ2) is 3.80. The number of nitrogens with zero attached hydrogens (tertiary/aromatic N) is 1. The Bertz CT molecular complexity index is 193. The van der Waals surface area contributed by atoms with Crippen LogP contribution in [0.15, 0.2) is 0 Å². The Kier molecular flexibility index (Phi) is 2.82. The third-order valence-electron chi connectivity index (χ3n) is 3.66. The van der Waals surface area contributed by atoms with Gasteiger partial charge < -0.3 is 9.84 Å². The van der Waals surface area contributed by atoms with Crippen LogP contribution in [0.2, 0.25) is 0 Å². The average Bonchev–Trinajstić information content (AvgIpc) is 2.93. The van der Waals surface area contributed by atoms with Crippen molar-refractivity contribution in [3.05, 3.63) is 0 Å². The molecule has 1 N–H and O–H groups in total. The van der Waals surface area contributed by atoms with Crippen molar-refractivity contribution in [2.24, 2.45) is 5.41 Å². The molecule has 1 aliphatic carbocycles. The molecule has 3 nitrogen and oxygen atoms in total. The van der Waals surface area contributed by atoms with Gasteiger partial charge in [0.25, 0.3) is 0 Å². The molecule has 0 radical (unpaired) electrons. The van der Waals surface area contributed by atoms with Crippen LogP contribution in [0.1, 0.15) is 26.7 Å². The van der Waals surface area contributed by atoms with Crippen LogP contribution in [-0.4, -0.2) is 48.5 Å². The molecule has 2 rings (SSSR count). The first-order valence-corrected chi connectivity index (χ1v) is 5.61. The summed E-state index contributed by atoms with van der Waals surface area (Å²) in [5.74, 6) is 0. The average molecular weight is 199 g/mol. The van der Waals surface area contributed by atoms with Crippen LogP contribution in [0.5, 0.6) is 0 Å². The van der Waals surface area contributed by atoms with Gasteiger partial charge in [0.05, 0.1) is 13.2 Å². The minimum Gasteiger partial charge on any atom is -0.396 e. The Morgan fingerprint density at radius 1 is 1.29 bits per heavy atom. The molecule has 2 aliphatic rings. The maximum Gasteiger partial charge on any atom is 0.0620 e. The van der Waals surface area contributed by atoms with Gasteiger partial charge in [-0.15, -0.1) is 0 Å². The van der Waals surface area contributed by atoms with Gasteiger partial charge in [0.2, 0.25) is 0 Å². The van der Waals surface area contributed by atoms with Gasteiger partial charge >= 0.3 is 0 Å². The summed E-state index contributed by atoms with van der Waals surface area (Å²) in [7, 11) is 0. The zero-order chi connectivity index (χ0) is 10.2. The quantitative estimate of drug-likeness (QED) is 0.732. The maximum atomic E-state index is 9.30. The molecule has 2 atom stereocenters. The van der Waals surface area contributed by atoms with Gasteiger partial charge in [0, 0.05) is 30.7 Å². The maximum absolute atomic E-state index is 9.30. The van der Waals surface area contributed by atoms with E-state index >= 15 is 0 Å². The molecule has 0 aromatic heterocycles. The highest BCUT2D eigenvalue weighted by molar-refractivity contribution is 4.97. The Labute approximate surface area is 86.0 Å². The van der Waals surface area contributed by atoms with Crippen molar-refractivity contribution in [2.45, 2.75) is 38.8 Å². The van der Waals surface area contributed by atoms with Gasteiger partial charge in [-0.1, -0.05) is 0 Å². The van der Waals surface area contributed by atoms with E-state index in [1.54, 1.807) is 0 Å². The summed E-state index contributed by atoms with van der Waals surface area (Å²) in [5, 5.41) is 9.30. The summed E-state index contributed by atoms with van der Waals surface area (Å²) in [6, 6.07) is 1.01. The fourth-order valence-electron chi connectivity index (χ4n) is 2.28. The molecule has 1 saturated heterocycles. The van der Waals surface area contributed by atoms with Crippen LogP contribution < -0.4 is 0 Å². The first-order valence-electron chi connectivity index (χ1n) is 5.61. The summed E-state index contributed by atoms with van der Waals surface area (Å²) < 4.78 is 5.49. The highest BCUT2D eigenvalue weighted by atomic mass is 16.5. The van der Waals surface area contributed by atoms with Gasteiger partial charge in [-0.25, -0.2) is 0 Å². The van der Waals surface area contributed by atoms with E-state index in [2.05, 4.69) is 18.7 Å². The smallest absolute Gasteiger partial charge is 0.0620 e. The van der Waals surface area contributed by atoms with Crippen LogP contribution in [0.4, 0.5) is 0 Å². The van der Waals surface area contributed by atoms with E-state index in [1.165, 1.54) is 12.8 Å². The molecule has 14 heavy (non-hydrogen) atoms. The van der Waals surface area contributed by atoms with Crippen LogP contribution >= 0.6 is 0 Å². The van der Waals surface area contributed by atoms with Crippen molar-refractivity contribution in [2.75, 3.05) is 26.4 Å². The molecule has 0 bridgehead atoms. The third-order valence-corrected chi connectivity index (χ3v) is 3.66. The van der Waals surface area contributed by atoms with Crippen LogP contribution in [0.25, 0.3) is 0 Å². The number of aliphatic hydroxyl groups excluding tert-OH is 1. The van der Waals surface area contributed by atoms with E-state index in [9.17, 15) is 5.11 Å². The van der Waals surface area contributed by atoms with Crippen molar-refractivity contribution in [1.82, 2.24) is 4.90 Å². The van der Waals surface area contributed by atoms with Gasteiger partial charge in [-0.2, -0.15) is 0 Å². The summed E-state index contributed by atoms with van der Waals surface area (Å²) in [4.78, 5) is 2.49. The van der Waals surface area contributed by atoms with E-state index in [1.807, 2.05) is 0 Å². The fourth-order valence-corrected chi connectivity index (χ4v) is 2.28. The Balaban J connectivity index is 1.94. The van der Waals surface area contributed by atoms with E-state index < -0.39 is 0 Å². The van der Waals surface area contributed by atoms with Crippen molar-refractivity contribution >= 4 is 0 Å². The Hall–Kier alpha value is -0.120. The number of hydrogen-bond acceptors (Lipinski definition) is 3. The van der Waals surface area contributed by atoms with E-state index in [0.29, 0.717) is 18.7 Å². The predicted molar refractivity (Wildman–Crippen MR) is 55.2 cm³/mol. The number of hydrogen-bond donors (Lipinski definition) is 1. The van der Waals surface area contributed by atoms with Gasteiger partial charge in [0.15, 0.2) is 0 Å². The SMILES string of the molecule is C[C@@H]1COC[C@H](C)N1CC1(CO)CC1. The summed E-state index contributed by atoms with van der Waals surface area (Å²) in [6.45, 7) is 7.50. The molecule has 82 valence electrons. The topological polar surface area (TPSA) is 32.7 Å². The van der Waals surface area contributed by atoms with Crippen molar-refractivity contribution in [3.63, 3.8) is 0 Å². The van der Waals surface area contributed by atoms with E-state index in [-0.39, 0.29) is 5.41 Å². The standard InChI is InChI=1S/C11H21NO2/c1-9-5-14-6-10(2)12(9)7-11(8-13)3-4-11/h9-10,13H,3-8H2,1-2H3/t9-,10+. The summed E-state index contributed by atoms with van der Waals surface area (Å²) >= 11 is 0. The number of rotatable bonds is 3. The van der Waals surface area contributed by atoms with E-state index in [0.717, 1.165) is 19.8 Å². The molecule has 3 heteroatoms. The largest absolute Gasteiger partial charge is 0.396 e. The molecule has 1 heterocycles. The lowest BCUT2D eigenvalue weighted by Gasteiger charge is -2.40. The van der Waals surface area contributed by atoms with Crippen molar-refractivity contribution in [1.29, 1.82) is 0 Å². The number of morpholine rings is 1. The molecule has 1 saturated carbocycles. The predicted octanol–water partition coefficient (Wildman–Crippen LogP) is 0.868. The van der Waals surface area contributed by atoms with E-state index in [4.69, 9.17) is 4.74 Å². The Morgan fingerprint density at radius 2 is 1.86 bits per heavy atom. The Morgan fingerprint density at radius 3 is 2.29 bits per heavy atom. The molecule has 0 amide bonds. The van der Waals surface area contributed by atoms with Gasteiger partial charge in [-0.3, -0.25) is 4.90 Å². The van der Waals surface area contributed by atoms with Gasteiger partial charge in [-0.05, 0) is 26.7 Å². The molecular weight excluding hydrogens is 178 g/mol. The first kappa shape index (κ1) is 10.4. The minimum atomic E-state index is 0.236. The minimum absolute atomic E-state index is 0.236. The second-order valence-corrected chi connectivity index (χ2v) is 5.07.